The summed E-state index contributed by atoms with van der Waals surface area (Å²) < 4.78 is 3.97. The molecule has 174 valence electrons. The summed E-state index contributed by atoms with van der Waals surface area (Å²) in [6.07, 6.45) is 5.49. The normalized spacial score (nSPS) is 14.8. The van der Waals surface area contributed by atoms with Crippen LogP contribution in [0.25, 0.3) is 5.00 Å². The monoisotopic (exact) mass is 493 g/mol. The number of halogens is 1. The van der Waals surface area contributed by atoms with Crippen molar-refractivity contribution in [2.45, 2.75) is 39.8 Å². The molecule has 0 aliphatic carbocycles. The second kappa shape index (κ2) is 9.15. The van der Waals surface area contributed by atoms with Crippen molar-refractivity contribution in [3.63, 3.8) is 0 Å². The molecule has 4 heterocycles. The first kappa shape index (κ1) is 22.5. The van der Waals surface area contributed by atoms with Crippen molar-refractivity contribution in [1.82, 2.24) is 29.6 Å². The van der Waals surface area contributed by atoms with E-state index in [0.29, 0.717) is 23.9 Å². The lowest BCUT2D eigenvalue weighted by molar-refractivity contribution is -0.121. The average molecular weight is 494 g/mol. The van der Waals surface area contributed by atoms with E-state index in [2.05, 4.69) is 38.9 Å². The number of nitrogens with zero attached hydrogens (tertiary/aromatic N) is 6. The summed E-state index contributed by atoms with van der Waals surface area (Å²) in [6, 6.07) is 7.19. The second-order valence-corrected chi connectivity index (χ2v) is 9.90. The largest absolute Gasteiger partial charge is 0.354 e. The molecule has 0 spiro atoms. The zero-order valence-corrected chi connectivity index (χ0v) is 20.7. The van der Waals surface area contributed by atoms with Gasteiger partial charge in [-0.05, 0) is 38.5 Å². The van der Waals surface area contributed by atoms with E-state index < -0.39 is 6.04 Å². The SMILES string of the molecule is Cc1sc2c(c1C)C(c1ccc(Cl)cc1)=NC(CC(=O)NCCn1ccnc1)c1nnc(C)n1-2. The number of aliphatic imine (C=N–C) groups is 1. The Morgan fingerprint density at radius 3 is 2.71 bits per heavy atom. The molecule has 10 heteroatoms. The molecule has 3 aromatic heterocycles. The fraction of sp³-hybridized carbons (Fsp3) is 0.292. The van der Waals surface area contributed by atoms with Gasteiger partial charge in [0.1, 0.15) is 16.9 Å². The van der Waals surface area contributed by atoms with Gasteiger partial charge in [0.15, 0.2) is 5.82 Å². The van der Waals surface area contributed by atoms with Crippen LogP contribution in [-0.2, 0) is 11.3 Å². The Balaban J connectivity index is 1.52. The number of carbonyl (C=O) groups is 1. The predicted molar refractivity (Wildman–Crippen MR) is 133 cm³/mol. The molecule has 8 nitrogen and oxygen atoms in total. The molecule has 1 aliphatic heterocycles. The van der Waals surface area contributed by atoms with Crippen molar-refractivity contribution in [3.8, 4) is 5.00 Å². The summed E-state index contributed by atoms with van der Waals surface area (Å²) in [4.78, 5) is 23.3. The maximum atomic E-state index is 12.9. The topological polar surface area (TPSA) is 90.0 Å². The van der Waals surface area contributed by atoms with Crippen LogP contribution < -0.4 is 5.32 Å². The molecule has 1 atom stereocenters. The first-order valence-electron chi connectivity index (χ1n) is 11.0. The Labute approximate surface area is 206 Å². The van der Waals surface area contributed by atoms with E-state index in [0.717, 1.165) is 33.2 Å². The van der Waals surface area contributed by atoms with Crippen LogP contribution in [0.5, 0.6) is 0 Å². The quantitative estimate of drug-likeness (QED) is 0.436. The summed E-state index contributed by atoms with van der Waals surface area (Å²) in [6.45, 7) is 7.31. The Hall–Kier alpha value is -3.30. The Morgan fingerprint density at radius 1 is 1.18 bits per heavy atom. The number of aryl methyl sites for hydroxylation is 2. The highest BCUT2D eigenvalue weighted by atomic mass is 35.5. The molecule has 1 N–H and O–H groups in total. The molecular weight excluding hydrogens is 470 g/mol. The second-order valence-electron chi connectivity index (χ2n) is 8.26. The van der Waals surface area contributed by atoms with Gasteiger partial charge in [-0.3, -0.25) is 14.4 Å². The van der Waals surface area contributed by atoms with Crippen LogP contribution in [-0.4, -0.2) is 42.5 Å². The summed E-state index contributed by atoms with van der Waals surface area (Å²) in [5.41, 5.74) is 4.01. The molecule has 1 unspecified atom stereocenters. The predicted octanol–water partition coefficient (Wildman–Crippen LogP) is 4.20. The molecule has 0 fully saturated rings. The van der Waals surface area contributed by atoms with E-state index >= 15 is 0 Å². The van der Waals surface area contributed by atoms with Crippen molar-refractivity contribution in [3.05, 3.63) is 81.2 Å². The van der Waals surface area contributed by atoms with Gasteiger partial charge >= 0.3 is 0 Å². The van der Waals surface area contributed by atoms with Gasteiger partial charge in [0.05, 0.1) is 18.5 Å². The van der Waals surface area contributed by atoms with Crippen molar-refractivity contribution in [2.75, 3.05) is 6.54 Å². The maximum absolute atomic E-state index is 12.9. The third-order valence-electron chi connectivity index (χ3n) is 5.99. The molecule has 0 bridgehead atoms. The van der Waals surface area contributed by atoms with Gasteiger partial charge < -0.3 is 9.88 Å². The summed E-state index contributed by atoms with van der Waals surface area (Å²) >= 11 is 7.85. The van der Waals surface area contributed by atoms with E-state index in [9.17, 15) is 4.79 Å². The number of amides is 1. The third-order valence-corrected chi connectivity index (χ3v) is 7.43. The number of imidazole rings is 1. The summed E-state index contributed by atoms with van der Waals surface area (Å²) in [5.74, 6) is 1.36. The van der Waals surface area contributed by atoms with Gasteiger partial charge in [-0.1, -0.05) is 23.7 Å². The number of nitrogens with one attached hydrogen (secondary N) is 1. The lowest BCUT2D eigenvalue weighted by atomic mass is 9.99. The van der Waals surface area contributed by atoms with Gasteiger partial charge in [-0.25, -0.2) is 4.98 Å². The van der Waals surface area contributed by atoms with Gasteiger partial charge in [-0.15, -0.1) is 21.5 Å². The average Bonchev–Trinajstić information content (AvgIpc) is 3.51. The van der Waals surface area contributed by atoms with E-state index in [1.54, 1.807) is 23.9 Å². The van der Waals surface area contributed by atoms with E-state index in [1.807, 2.05) is 42.0 Å². The molecule has 5 rings (SSSR count). The van der Waals surface area contributed by atoms with Crippen molar-refractivity contribution >= 4 is 34.6 Å². The minimum absolute atomic E-state index is 0.0883. The molecule has 0 radical (unpaired) electrons. The van der Waals surface area contributed by atoms with Crippen LogP contribution >= 0.6 is 22.9 Å². The van der Waals surface area contributed by atoms with Crippen molar-refractivity contribution in [1.29, 1.82) is 0 Å². The Kier molecular flexibility index (Phi) is 6.05. The Bertz CT molecular complexity index is 1370. The van der Waals surface area contributed by atoms with Crippen LogP contribution in [0.2, 0.25) is 5.02 Å². The van der Waals surface area contributed by atoms with Crippen LogP contribution in [0.4, 0.5) is 0 Å². The van der Waals surface area contributed by atoms with E-state index in [-0.39, 0.29) is 12.3 Å². The molecule has 1 aromatic carbocycles. The smallest absolute Gasteiger partial charge is 0.222 e. The first-order valence-corrected chi connectivity index (χ1v) is 12.2. The van der Waals surface area contributed by atoms with Crippen LogP contribution in [0.3, 0.4) is 0 Å². The summed E-state index contributed by atoms with van der Waals surface area (Å²) in [7, 11) is 0. The molecule has 1 amide bonds. The van der Waals surface area contributed by atoms with Gasteiger partial charge in [0, 0.05) is 46.5 Å². The first-order chi connectivity index (χ1) is 16.4. The number of benzene rings is 1. The van der Waals surface area contributed by atoms with Crippen LogP contribution in [0, 0.1) is 20.8 Å². The number of hydrogen-bond acceptors (Lipinski definition) is 6. The van der Waals surface area contributed by atoms with Gasteiger partial charge in [0.25, 0.3) is 0 Å². The molecule has 1 aliphatic rings. The summed E-state index contributed by atoms with van der Waals surface area (Å²) in [5, 5.41) is 13.5. The molecule has 34 heavy (non-hydrogen) atoms. The highest BCUT2D eigenvalue weighted by molar-refractivity contribution is 7.15. The zero-order chi connectivity index (χ0) is 23.8. The third kappa shape index (κ3) is 4.17. The minimum Gasteiger partial charge on any atom is -0.354 e. The minimum atomic E-state index is -0.473. The highest BCUT2D eigenvalue weighted by Crippen LogP contribution is 2.39. The lowest BCUT2D eigenvalue weighted by Crippen LogP contribution is -2.28. The highest BCUT2D eigenvalue weighted by Gasteiger charge is 2.32. The number of thiophene rings is 1. The number of fused-ring (bicyclic) bond motifs is 3. The fourth-order valence-electron chi connectivity index (χ4n) is 4.12. The number of hydrogen-bond donors (Lipinski definition) is 1. The van der Waals surface area contributed by atoms with Crippen LogP contribution in [0.15, 0.2) is 48.0 Å². The number of aromatic nitrogens is 5. The fourth-order valence-corrected chi connectivity index (χ4v) is 5.46. The standard InChI is InChI=1S/C24H24ClN7OS/c1-14-15(2)34-24-21(14)22(17-4-6-18(25)7-5-17)28-19(23-30-29-16(3)32(23)24)12-20(33)27-9-11-31-10-8-26-13-31/h4-8,10,13,19H,9,11-12H2,1-3H3,(H,27,33). The van der Waals surface area contributed by atoms with Crippen molar-refractivity contribution < 1.29 is 4.79 Å². The van der Waals surface area contributed by atoms with E-state index in [4.69, 9.17) is 16.6 Å². The lowest BCUT2D eigenvalue weighted by Gasteiger charge is -2.13. The van der Waals surface area contributed by atoms with Crippen molar-refractivity contribution in [2.24, 2.45) is 4.99 Å². The van der Waals surface area contributed by atoms with Gasteiger partial charge in [0.2, 0.25) is 5.91 Å². The molecule has 4 aromatic rings. The van der Waals surface area contributed by atoms with Gasteiger partial charge in [-0.2, -0.15) is 0 Å². The maximum Gasteiger partial charge on any atom is 0.222 e. The number of carbonyl (C=O) groups excluding carboxylic acids is 1. The van der Waals surface area contributed by atoms with Crippen LogP contribution in [0.1, 0.15) is 45.7 Å². The molecular formula is C24H24ClN7OS. The number of rotatable bonds is 6. The molecule has 0 saturated heterocycles. The molecule has 0 saturated carbocycles. The van der Waals surface area contributed by atoms with E-state index in [1.165, 1.54) is 4.88 Å². The Morgan fingerprint density at radius 2 is 1.97 bits per heavy atom. The zero-order valence-electron chi connectivity index (χ0n) is 19.1.